The number of rotatable bonds is 0. The molecule has 0 aliphatic carbocycles. The normalized spacial score (nSPS) is 16.9. The van der Waals surface area contributed by atoms with Gasteiger partial charge >= 0.3 is 0 Å². The Labute approximate surface area is 91.6 Å². The third-order valence-corrected chi connectivity index (χ3v) is 1.87. The zero-order valence-electron chi connectivity index (χ0n) is 8.72. The maximum atomic E-state index is 3.88. The molecule has 2 aliphatic heterocycles. The second kappa shape index (κ2) is 7.90. The van der Waals surface area contributed by atoms with Gasteiger partial charge in [0, 0.05) is 40.3 Å². The second-order valence-corrected chi connectivity index (χ2v) is 2.85. The van der Waals surface area contributed by atoms with E-state index >= 15 is 0 Å². The van der Waals surface area contributed by atoms with Gasteiger partial charge in [-0.2, -0.15) is 0 Å². The molecule has 0 saturated carbocycles. The summed E-state index contributed by atoms with van der Waals surface area (Å²) in [5.74, 6) is 1.83. The summed E-state index contributed by atoms with van der Waals surface area (Å²) in [5, 5.41) is 12.2. The smallest absolute Gasteiger partial charge is 0.191 e. The minimum Gasteiger partial charge on any atom is -0.355 e. The summed E-state index contributed by atoms with van der Waals surface area (Å²) in [6, 6.07) is 0. The average molecular weight is 214 g/mol. The molecule has 2 heterocycles. The first-order valence-corrected chi connectivity index (χ1v) is 4.76. The third kappa shape index (κ3) is 5.09. The lowest BCUT2D eigenvalue weighted by atomic mass is 10.7. The van der Waals surface area contributed by atoms with Crippen LogP contribution in [0.2, 0.25) is 0 Å². The predicted octanol–water partition coefficient (Wildman–Crippen LogP) is -1.03. The molecule has 88 valence electrons. The first-order chi connectivity index (χ1) is 6.86. The van der Waals surface area contributed by atoms with Gasteiger partial charge in [-0.1, -0.05) is 7.43 Å². The summed E-state index contributed by atoms with van der Waals surface area (Å²) >= 11 is 0. The minimum atomic E-state index is 0. The fourth-order valence-electron chi connectivity index (χ4n) is 1.16. The third-order valence-electron chi connectivity index (χ3n) is 1.87. The van der Waals surface area contributed by atoms with Crippen molar-refractivity contribution >= 4 is 11.9 Å². The number of aliphatic imine (C=N–C) groups is 2. The highest BCUT2D eigenvalue weighted by Crippen LogP contribution is 1.72. The van der Waals surface area contributed by atoms with Crippen LogP contribution in [0.1, 0.15) is 7.43 Å². The molecule has 2 aliphatic rings. The van der Waals surface area contributed by atoms with E-state index in [0.717, 1.165) is 38.1 Å². The van der Waals surface area contributed by atoms with Crippen molar-refractivity contribution in [2.75, 3.05) is 40.3 Å². The summed E-state index contributed by atoms with van der Waals surface area (Å²) in [6.45, 7) is 4.03. The van der Waals surface area contributed by atoms with Gasteiger partial charge in [0.2, 0.25) is 0 Å². The van der Waals surface area contributed by atoms with E-state index in [0.29, 0.717) is 0 Å². The van der Waals surface area contributed by atoms with E-state index in [-0.39, 0.29) is 7.43 Å². The van der Waals surface area contributed by atoms with Crippen LogP contribution in [0.5, 0.6) is 0 Å². The second-order valence-electron chi connectivity index (χ2n) is 2.85. The lowest BCUT2D eigenvalue weighted by molar-refractivity contribution is 0.942. The fourth-order valence-corrected chi connectivity index (χ4v) is 1.16. The van der Waals surface area contributed by atoms with E-state index in [1.54, 1.807) is 14.1 Å². The van der Waals surface area contributed by atoms with Crippen molar-refractivity contribution in [2.24, 2.45) is 9.98 Å². The van der Waals surface area contributed by atoms with Crippen LogP contribution in [0.25, 0.3) is 0 Å². The molecular weight excluding hydrogens is 192 g/mol. The van der Waals surface area contributed by atoms with Crippen molar-refractivity contribution in [3.63, 3.8) is 0 Å². The Morgan fingerprint density at radius 2 is 1.00 bits per heavy atom. The molecule has 0 aromatic rings. The topological polar surface area (TPSA) is 72.8 Å². The SMILES string of the molecule is C.CN=C1NCCN1.CN=C1NCCN1. The standard InChI is InChI=1S/2C4H9N3.CH4/c2*1-5-4-6-2-3-7-4;/h2*2-3H2,1H3,(H2,5,6,7);1H4. The van der Waals surface area contributed by atoms with Gasteiger partial charge in [-0.25, -0.2) is 0 Å². The molecule has 0 aromatic carbocycles. The summed E-state index contributed by atoms with van der Waals surface area (Å²) in [5.41, 5.74) is 0. The Balaban J connectivity index is 0.000000245. The highest BCUT2D eigenvalue weighted by atomic mass is 15.2. The van der Waals surface area contributed by atoms with Crippen molar-refractivity contribution < 1.29 is 0 Å². The Bertz CT molecular complexity index is 183. The molecular formula is C9H22N6. The fraction of sp³-hybridized carbons (Fsp3) is 0.778. The van der Waals surface area contributed by atoms with Gasteiger partial charge in [-0.05, 0) is 0 Å². The lowest BCUT2D eigenvalue weighted by Crippen LogP contribution is -2.23. The van der Waals surface area contributed by atoms with E-state index in [4.69, 9.17) is 0 Å². The number of nitrogens with one attached hydrogen (secondary N) is 4. The molecule has 4 N–H and O–H groups in total. The van der Waals surface area contributed by atoms with Crippen molar-refractivity contribution in [3.8, 4) is 0 Å². The van der Waals surface area contributed by atoms with E-state index in [9.17, 15) is 0 Å². The quantitative estimate of drug-likeness (QED) is 0.416. The lowest BCUT2D eigenvalue weighted by Gasteiger charge is -1.90. The number of hydrogen-bond donors (Lipinski definition) is 4. The van der Waals surface area contributed by atoms with Crippen LogP contribution in [-0.4, -0.2) is 52.2 Å². The van der Waals surface area contributed by atoms with Crippen LogP contribution in [0, 0.1) is 0 Å². The summed E-state index contributed by atoms with van der Waals surface area (Å²) < 4.78 is 0. The molecule has 6 nitrogen and oxygen atoms in total. The van der Waals surface area contributed by atoms with Crippen LogP contribution in [0.15, 0.2) is 9.98 Å². The van der Waals surface area contributed by atoms with E-state index < -0.39 is 0 Å². The number of hydrogen-bond acceptors (Lipinski definition) is 2. The van der Waals surface area contributed by atoms with Gasteiger partial charge < -0.3 is 21.3 Å². The van der Waals surface area contributed by atoms with Crippen LogP contribution >= 0.6 is 0 Å². The Hall–Kier alpha value is -1.46. The van der Waals surface area contributed by atoms with E-state index in [1.807, 2.05) is 0 Å². The largest absolute Gasteiger partial charge is 0.355 e. The predicted molar refractivity (Wildman–Crippen MR) is 65.5 cm³/mol. The molecule has 2 fully saturated rings. The molecule has 0 spiro atoms. The molecule has 0 unspecified atom stereocenters. The summed E-state index contributed by atoms with van der Waals surface area (Å²) in [6.07, 6.45) is 0. The summed E-state index contributed by atoms with van der Waals surface area (Å²) in [7, 11) is 3.53. The Morgan fingerprint density at radius 3 is 1.13 bits per heavy atom. The van der Waals surface area contributed by atoms with Crippen LogP contribution in [-0.2, 0) is 0 Å². The van der Waals surface area contributed by atoms with Crippen molar-refractivity contribution in [1.29, 1.82) is 0 Å². The molecule has 0 atom stereocenters. The highest BCUT2D eigenvalue weighted by molar-refractivity contribution is 5.81. The summed E-state index contributed by atoms with van der Waals surface area (Å²) in [4.78, 5) is 7.76. The first kappa shape index (κ1) is 13.5. The van der Waals surface area contributed by atoms with Gasteiger partial charge in [0.1, 0.15) is 0 Å². The molecule has 2 rings (SSSR count). The van der Waals surface area contributed by atoms with Crippen LogP contribution in [0.4, 0.5) is 0 Å². The molecule has 0 amide bonds. The van der Waals surface area contributed by atoms with Gasteiger partial charge in [0.25, 0.3) is 0 Å². The van der Waals surface area contributed by atoms with Crippen molar-refractivity contribution in [1.82, 2.24) is 21.3 Å². The molecule has 15 heavy (non-hydrogen) atoms. The molecule has 6 heteroatoms. The van der Waals surface area contributed by atoms with Gasteiger partial charge in [0.15, 0.2) is 11.9 Å². The number of nitrogens with zero attached hydrogens (tertiary/aromatic N) is 2. The van der Waals surface area contributed by atoms with Crippen LogP contribution < -0.4 is 21.3 Å². The first-order valence-electron chi connectivity index (χ1n) is 4.76. The van der Waals surface area contributed by atoms with Gasteiger partial charge in [-0.3, -0.25) is 9.98 Å². The van der Waals surface area contributed by atoms with Gasteiger partial charge in [0.05, 0.1) is 0 Å². The van der Waals surface area contributed by atoms with Crippen molar-refractivity contribution in [2.45, 2.75) is 7.43 Å². The Kier molecular flexibility index (Phi) is 7.13. The minimum absolute atomic E-state index is 0. The molecule has 0 bridgehead atoms. The molecule has 0 aromatic heterocycles. The van der Waals surface area contributed by atoms with Gasteiger partial charge in [-0.15, -0.1) is 0 Å². The van der Waals surface area contributed by atoms with E-state index in [1.165, 1.54) is 0 Å². The highest BCUT2D eigenvalue weighted by Gasteiger charge is 2.01. The average Bonchev–Trinajstić information content (AvgIpc) is 2.92. The molecule has 0 radical (unpaired) electrons. The zero-order valence-corrected chi connectivity index (χ0v) is 8.72. The number of guanidine groups is 2. The Morgan fingerprint density at radius 1 is 0.733 bits per heavy atom. The van der Waals surface area contributed by atoms with Crippen molar-refractivity contribution in [3.05, 3.63) is 0 Å². The molecule has 2 saturated heterocycles. The van der Waals surface area contributed by atoms with E-state index in [2.05, 4.69) is 31.3 Å². The monoisotopic (exact) mass is 214 g/mol. The maximum Gasteiger partial charge on any atom is 0.191 e. The van der Waals surface area contributed by atoms with Crippen LogP contribution in [0.3, 0.4) is 0 Å². The zero-order chi connectivity index (χ0) is 10.2. The maximum absolute atomic E-state index is 3.88.